The monoisotopic (exact) mass is 536 g/mol. The smallest absolute Gasteiger partial charge is 0.272 e. The second-order valence-electron chi connectivity index (χ2n) is 10.9. The molecule has 2 amide bonds. The van der Waals surface area contributed by atoms with Crippen molar-refractivity contribution in [2.75, 3.05) is 33.3 Å². The zero-order valence-corrected chi connectivity index (χ0v) is 22.2. The summed E-state index contributed by atoms with van der Waals surface area (Å²) in [5.41, 5.74) is 1.49. The summed E-state index contributed by atoms with van der Waals surface area (Å²) in [6.45, 7) is 4.89. The topological polar surface area (TPSA) is 119 Å². The molecule has 2 aromatic heterocycles. The number of amides is 2. The van der Waals surface area contributed by atoms with Crippen LogP contribution in [0.3, 0.4) is 0 Å². The van der Waals surface area contributed by atoms with Crippen LogP contribution in [-0.4, -0.2) is 93.0 Å². The number of aliphatic imine (C=N–C) groups is 1. The van der Waals surface area contributed by atoms with Crippen LogP contribution < -0.4 is 10.1 Å². The maximum Gasteiger partial charge on any atom is 0.272 e. The molecule has 39 heavy (non-hydrogen) atoms. The van der Waals surface area contributed by atoms with Gasteiger partial charge in [0.2, 0.25) is 11.8 Å². The van der Waals surface area contributed by atoms with Gasteiger partial charge in [-0.3, -0.25) is 19.7 Å². The van der Waals surface area contributed by atoms with E-state index < -0.39 is 5.82 Å². The predicted octanol–water partition coefficient (Wildman–Crippen LogP) is 2.36. The van der Waals surface area contributed by atoms with Gasteiger partial charge in [-0.1, -0.05) is 0 Å². The number of H-pyrrole nitrogens is 1. The molecular weight excluding hydrogens is 503 g/mol. The number of piperidine rings is 1. The highest BCUT2D eigenvalue weighted by Gasteiger charge is 2.54. The van der Waals surface area contributed by atoms with Gasteiger partial charge < -0.3 is 20.0 Å². The molecular formula is C27H33FN8O3. The normalized spacial score (nSPS) is 24.1. The predicted molar refractivity (Wildman–Crippen MR) is 141 cm³/mol. The Hall–Kier alpha value is -3.80. The van der Waals surface area contributed by atoms with Crippen molar-refractivity contribution in [1.29, 1.82) is 0 Å². The second kappa shape index (κ2) is 10.1. The molecule has 11 nitrogen and oxygen atoms in total. The number of pyridine rings is 1. The number of allylic oxidation sites excluding steroid dienone is 1. The van der Waals surface area contributed by atoms with Crippen molar-refractivity contribution in [3.63, 3.8) is 0 Å². The van der Waals surface area contributed by atoms with E-state index in [0.717, 1.165) is 50.8 Å². The van der Waals surface area contributed by atoms with E-state index in [-0.39, 0.29) is 40.8 Å². The summed E-state index contributed by atoms with van der Waals surface area (Å²) in [7, 11) is 1.45. The number of carbonyl (C=O) groups excluding carboxylic acids is 2. The minimum Gasteiger partial charge on any atom is -0.481 e. The van der Waals surface area contributed by atoms with Gasteiger partial charge in [0, 0.05) is 61.2 Å². The summed E-state index contributed by atoms with van der Waals surface area (Å²) in [6.07, 6.45) is 8.94. The first-order valence-electron chi connectivity index (χ1n) is 13.5. The lowest BCUT2D eigenvalue weighted by molar-refractivity contribution is -0.128. The van der Waals surface area contributed by atoms with Crippen LogP contribution >= 0.6 is 0 Å². The number of hydrazine groups is 1. The number of methoxy groups -OCH3 is 1. The summed E-state index contributed by atoms with van der Waals surface area (Å²) in [6, 6.07) is 3.12. The molecule has 0 unspecified atom stereocenters. The first-order chi connectivity index (χ1) is 18.8. The van der Waals surface area contributed by atoms with E-state index in [1.165, 1.54) is 13.2 Å². The Bertz CT molecular complexity index is 1340. The highest BCUT2D eigenvalue weighted by Crippen LogP contribution is 2.50. The Morgan fingerprint density at radius 3 is 2.85 bits per heavy atom. The van der Waals surface area contributed by atoms with Crippen molar-refractivity contribution in [3.8, 4) is 17.1 Å². The maximum absolute atomic E-state index is 14.4. The van der Waals surface area contributed by atoms with E-state index >= 15 is 0 Å². The quantitative estimate of drug-likeness (QED) is 0.582. The molecule has 0 bridgehead atoms. The van der Waals surface area contributed by atoms with Crippen molar-refractivity contribution in [3.05, 3.63) is 41.7 Å². The van der Waals surface area contributed by atoms with Crippen LogP contribution in [-0.2, 0) is 4.79 Å². The van der Waals surface area contributed by atoms with E-state index in [0.29, 0.717) is 30.8 Å². The third-order valence-corrected chi connectivity index (χ3v) is 8.24. The van der Waals surface area contributed by atoms with E-state index in [4.69, 9.17) is 4.74 Å². The minimum atomic E-state index is -0.548. The Balaban J connectivity index is 1.07. The van der Waals surface area contributed by atoms with Gasteiger partial charge in [0.05, 0.1) is 31.2 Å². The van der Waals surface area contributed by atoms with Crippen molar-refractivity contribution in [1.82, 2.24) is 35.4 Å². The Morgan fingerprint density at radius 1 is 1.23 bits per heavy atom. The molecule has 1 saturated carbocycles. The zero-order chi connectivity index (χ0) is 27.1. The molecule has 206 valence electrons. The maximum atomic E-state index is 14.4. The standard InChI is InChI=1S/C27H33FN8O3/c1-17-15-35(10-7-29-17)34-8-4-19(16-34)31-25(37)18-3-9-36(27(13-18)5-6-27)26(38)23-12-22(32-33-23)20-11-24(39-2)30-14-21(20)28/h7,11-12,14-15,18-19H,3-6,8-10,13,16H2,1-2H3,(H,31,37)(H,32,33)/t18-,19+/m0/s1. The van der Waals surface area contributed by atoms with E-state index in [1.54, 1.807) is 6.07 Å². The van der Waals surface area contributed by atoms with Crippen LogP contribution in [0.15, 0.2) is 35.2 Å². The highest BCUT2D eigenvalue weighted by molar-refractivity contribution is 5.94. The molecule has 0 aromatic carbocycles. The average Bonchev–Trinajstić information content (AvgIpc) is 3.31. The molecule has 1 aliphatic carbocycles. The Morgan fingerprint density at radius 2 is 2.08 bits per heavy atom. The third-order valence-electron chi connectivity index (χ3n) is 8.24. The summed E-state index contributed by atoms with van der Waals surface area (Å²) in [4.78, 5) is 36.8. The first kappa shape index (κ1) is 25.5. The summed E-state index contributed by atoms with van der Waals surface area (Å²) < 4.78 is 19.5. The van der Waals surface area contributed by atoms with Crippen LogP contribution in [0.25, 0.3) is 11.3 Å². The van der Waals surface area contributed by atoms with Crippen molar-refractivity contribution in [2.45, 2.75) is 50.6 Å². The van der Waals surface area contributed by atoms with Gasteiger partial charge >= 0.3 is 0 Å². The molecule has 0 radical (unpaired) electrons. The summed E-state index contributed by atoms with van der Waals surface area (Å²) in [5, 5.41) is 14.7. The minimum absolute atomic E-state index is 0.0816. The van der Waals surface area contributed by atoms with Gasteiger partial charge in [0.25, 0.3) is 5.91 Å². The lowest BCUT2D eigenvalue weighted by Crippen LogP contribution is -2.52. The number of ether oxygens (including phenoxy) is 1. The number of carbonyl (C=O) groups is 2. The van der Waals surface area contributed by atoms with Gasteiger partial charge in [0.1, 0.15) is 5.69 Å². The molecule has 12 heteroatoms. The van der Waals surface area contributed by atoms with Crippen LogP contribution in [0.1, 0.15) is 49.5 Å². The van der Waals surface area contributed by atoms with Crippen LogP contribution in [0.4, 0.5) is 4.39 Å². The Labute approximate surface area is 226 Å². The summed E-state index contributed by atoms with van der Waals surface area (Å²) >= 11 is 0. The average molecular weight is 537 g/mol. The van der Waals surface area contributed by atoms with Gasteiger partial charge in [0.15, 0.2) is 5.82 Å². The lowest BCUT2D eigenvalue weighted by Gasteiger charge is -2.39. The number of nitrogens with one attached hydrogen (secondary N) is 2. The summed E-state index contributed by atoms with van der Waals surface area (Å²) in [5.74, 6) is -0.499. The molecule has 4 aliphatic rings. The van der Waals surface area contributed by atoms with Crippen molar-refractivity contribution in [2.24, 2.45) is 10.9 Å². The SMILES string of the molecule is COc1cc(-c2cc(C(=O)N3CC[C@H](C(=O)N[C@@H]4CCN(N5C=C(C)N=CC5)C4)CC34CC4)[nH]n2)c(F)cn1. The third kappa shape index (κ3) is 5.00. The van der Waals surface area contributed by atoms with E-state index in [1.807, 2.05) is 24.2 Å². The molecule has 3 fully saturated rings. The van der Waals surface area contributed by atoms with E-state index in [2.05, 4.69) is 35.5 Å². The zero-order valence-electron chi connectivity index (χ0n) is 22.2. The van der Waals surface area contributed by atoms with Crippen LogP contribution in [0.5, 0.6) is 5.88 Å². The molecule has 6 rings (SSSR count). The van der Waals surface area contributed by atoms with Gasteiger partial charge in [-0.05, 0) is 45.1 Å². The van der Waals surface area contributed by atoms with Crippen LogP contribution in [0, 0.1) is 11.7 Å². The number of rotatable bonds is 6. The first-order valence-corrected chi connectivity index (χ1v) is 13.5. The largest absolute Gasteiger partial charge is 0.481 e. The van der Waals surface area contributed by atoms with Crippen molar-refractivity contribution >= 4 is 18.0 Å². The number of aromatic amines is 1. The molecule has 2 saturated heterocycles. The van der Waals surface area contributed by atoms with Gasteiger partial charge in [-0.25, -0.2) is 14.4 Å². The molecule has 5 heterocycles. The van der Waals surface area contributed by atoms with Gasteiger partial charge in [-0.2, -0.15) is 5.10 Å². The number of nitrogens with zero attached hydrogens (tertiary/aromatic N) is 6. The fraction of sp³-hybridized carbons (Fsp3) is 0.519. The van der Waals surface area contributed by atoms with Gasteiger partial charge in [-0.15, -0.1) is 0 Å². The van der Waals surface area contributed by atoms with Crippen LogP contribution in [0.2, 0.25) is 0 Å². The lowest BCUT2D eigenvalue weighted by atomic mass is 9.87. The number of likely N-dealkylation sites (tertiary alicyclic amines) is 1. The molecule has 2 atom stereocenters. The Kier molecular flexibility index (Phi) is 6.57. The molecule has 2 N–H and O–H groups in total. The molecule has 1 spiro atoms. The van der Waals surface area contributed by atoms with Crippen molar-refractivity contribution < 1.29 is 18.7 Å². The number of aromatic nitrogens is 3. The fourth-order valence-electron chi connectivity index (χ4n) is 5.97. The number of halogens is 1. The fourth-order valence-corrected chi connectivity index (χ4v) is 5.97. The second-order valence-corrected chi connectivity index (χ2v) is 10.9. The highest BCUT2D eigenvalue weighted by atomic mass is 19.1. The number of hydrogen-bond donors (Lipinski definition) is 2. The molecule has 2 aromatic rings. The molecule has 3 aliphatic heterocycles. The van der Waals surface area contributed by atoms with E-state index in [9.17, 15) is 14.0 Å². The number of hydrogen-bond acceptors (Lipinski definition) is 8.